The monoisotopic (exact) mass is 588 g/mol. The van der Waals surface area contributed by atoms with Gasteiger partial charge in [0.1, 0.15) is 16.2 Å². The van der Waals surface area contributed by atoms with Gasteiger partial charge in [-0.3, -0.25) is 0 Å². The Hall–Kier alpha value is -3.04. The van der Waals surface area contributed by atoms with Gasteiger partial charge >= 0.3 is 6.09 Å². The van der Waals surface area contributed by atoms with Crippen LogP contribution in [0.5, 0.6) is 5.75 Å². The van der Waals surface area contributed by atoms with Crippen LogP contribution in [-0.2, 0) is 26.9 Å². The van der Waals surface area contributed by atoms with E-state index >= 15 is 0 Å². The number of hydrogen-bond donors (Lipinski definition) is 1. The molecule has 0 bridgehead atoms. The van der Waals surface area contributed by atoms with Gasteiger partial charge in [0.15, 0.2) is 9.84 Å². The summed E-state index contributed by atoms with van der Waals surface area (Å²) in [4.78, 5) is 14.4. The second kappa shape index (κ2) is 12.5. The van der Waals surface area contributed by atoms with Gasteiger partial charge in [-0.05, 0) is 62.2 Å². The van der Waals surface area contributed by atoms with Gasteiger partial charge in [0.25, 0.3) is 0 Å². The Morgan fingerprint density at radius 2 is 1.68 bits per heavy atom. The fraction of sp³-hybridized carbons (Fsp3) is 0.321. The number of carbonyl (C=O) groups excluding carboxylic acids is 1. The zero-order valence-electron chi connectivity index (χ0n) is 21.5. The van der Waals surface area contributed by atoms with Crippen molar-refractivity contribution in [1.29, 1.82) is 0 Å². The normalized spacial score (nSPS) is 11.6. The Bertz CT molecular complexity index is 1310. The molecule has 0 radical (unpaired) electrons. The number of alkyl carbamates (subject to hydrolysis) is 1. The quantitative estimate of drug-likeness (QED) is 0.314. The van der Waals surface area contributed by atoms with E-state index in [-0.39, 0.29) is 10.6 Å². The molecule has 3 aromatic carbocycles. The average Bonchev–Trinajstić information content (AvgIpc) is 2.83. The Morgan fingerprint density at radius 1 is 0.973 bits per heavy atom. The van der Waals surface area contributed by atoms with Gasteiger partial charge < -0.3 is 19.7 Å². The van der Waals surface area contributed by atoms with Crippen molar-refractivity contribution in [3.63, 3.8) is 0 Å². The molecule has 9 heteroatoms. The summed E-state index contributed by atoms with van der Waals surface area (Å²) in [5.41, 5.74) is 2.02. The Labute approximate surface area is 227 Å². The van der Waals surface area contributed by atoms with Crippen LogP contribution >= 0.6 is 15.9 Å². The minimum atomic E-state index is -3.67. The standard InChI is InChI=1S/C28H33BrN2O5S/c1-28(2,3)36-27(32)30-15-16-31(19-21-9-6-5-7-10-21)24-12-8-11-22(17-24)20-37(33,34)26-18-23(29)13-14-25(26)35-4/h5-14,17-18H,15-16,19-20H2,1-4H3,(H,30,32). The topological polar surface area (TPSA) is 84.9 Å². The third-order valence-electron chi connectivity index (χ3n) is 5.36. The van der Waals surface area contributed by atoms with Gasteiger partial charge in [-0.2, -0.15) is 0 Å². The fourth-order valence-electron chi connectivity index (χ4n) is 3.74. The molecule has 3 aromatic rings. The van der Waals surface area contributed by atoms with E-state index in [1.807, 2.05) is 69.3 Å². The summed E-state index contributed by atoms with van der Waals surface area (Å²) >= 11 is 3.35. The first-order chi connectivity index (χ1) is 17.5. The second-order valence-corrected chi connectivity index (χ2v) is 12.4. The van der Waals surface area contributed by atoms with E-state index in [0.29, 0.717) is 35.4 Å². The molecular formula is C28H33BrN2O5S. The largest absolute Gasteiger partial charge is 0.495 e. The number of halogens is 1. The number of carbonyl (C=O) groups is 1. The smallest absolute Gasteiger partial charge is 0.407 e. The highest BCUT2D eigenvalue weighted by Gasteiger charge is 2.22. The van der Waals surface area contributed by atoms with Crippen molar-refractivity contribution >= 4 is 37.5 Å². The number of ether oxygens (including phenoxy) is 2. The van der Waals surface area contributed by atoms with Crippen molar-refractivity contribution in [2.45, 2.75) is 43.6 Å². The molecule has 3 rings (SSSR count). The molecule has 0 atom stereocenters. The lowest BCUT2D eigenvalue weighted by molar-refractivity contribution is 0.0529. The van der Waals surface area contributed by atoms with Crippen LogP contribution in [0.2, 0.25) is 0 Å². The maximum atomic E-state index is 13.3. The molecular weight excluding hydrogens is 556 g/mol. The zero-order chi connectivity index (χ0) is 27.1. The van der Waals surface area contributed by atoms with Crippen molar-refractivity contribution in [2.75, 3.05) is 25.1 Å². The first-order valence-electron chi connectivity index (χ1n) is 11.9. The summed E-state index contributed by atoms with van der Waals surface area (Å²) in [6.45, 7) is 6.91. The molecule has 37 heavy (non-hydrogen) atoms. The Morgan fingerprint density at radius 3 is 2.35 bits per heavy atom. The number of nitrogens with zero attached hydrogens (tertiary/aromatic N) is 1. The first kappa shape index (κ1) is 28.5. The summed E-state index contributed by atoms with van der Waals surface area (Å²) in [5, 5.41) is 2.80. The van der Waals surface area contributed by atoms with E-state index in [2.05, 4.69) is 26.1 Å². The van der Waals surface area contributed by atoms with E-state index in [4.69, 9.17) is 9.47 Å². The SMILES string of the molecule is COc1ccc(Br)cc1S(=O)(=O)Cc1cccc(N(CCNC(=O)OC(C)(C)C)Cc2ccccc2)c1. The van der Waals surface area contributed by atoms with Gasteiger partial charge in [-0.1, -0.05) is 58.4 Å². The highest BCUT2D eigenvalue weighted by Crippen LogP contribution is 2.30. The van der Waals surface area contributed by atoms with E-state index in [9.17, 15) is 13.2 Å². The van der Waals surface area contributed by atoms with Crippen LogP contribution in [0.4, 0.5) is 10.5 Å². The van der Waals surface area contributed by atoms with Crippen LogP contribution in [0.25, 0.3) is 0 Å². The van der Waals surface area contributed by atoms with E-state index < -0.39 is 21.5 Å². The Kier molecular flexibility index (Phi) is 9.62. The van der Waals surface area contributed by atoms with Gasteiger partial charge in [-0.15, -0.1) is 0 Å². The average molecular weight is 590 g/mol. The molecule has 0 aliphatic rings. The second-order valence-electron chi connectivity index (χ2n) is 9.56. The van der Waals surface area contributed by atoms with Crippen LogP contribution in [0.15, 0.2) is 82.2 Å². The van der Waals surface area contributed by atoms with Crippen LogP contribution in [0.3, 0.4) is 0 Å². The first-order valence-corrected chi connectivity index (χ1v) is 14.3. The van der Waals surface area contributed by atoms with Crippen molar-refractivity contribution in [3.8, 4) is 5.75 Å². The number of amides is 1. The van der Waals surface area contributed by atoms with Gasteiger partial charge in [0.2, 0.25) is 0 Å². The predicted octanol–water partition coefficient (Wildman–Crippen LogP) is 5.96. The van der Waals surface area contributed by atoms with E-state index in [0.717, 1.165) is 11.3 Å². The Balaban J connectivity index is 1.82. The molecule has 1 amide bonds. The minimum Gasteiger partial charge on any atom is -0.495 e. The minimum absolute atomic E-state index is 0.137. The van der Waals surface area contributed by atoms with Crippen molar-refractivity contribution < 1.29 is 22.7 Å². The van der Waals surface area contributed by atoms with Gasteiger partial charge in [-0.25, -0.2) is 13.2 Å². The number of sulfone groups is 1. The molecule has 0 spiro atoms. The van der Waals surface area contributed by atoms with Crippen LogP contribution in [0.1, 0.15) is 31.9 Å². The van der Waals surface area contributed by atoms with Gasteiger partial charge in [0.05, 0.1) is 12.9 Å². The van der Waals surface area contributed by atoms with Gasteiger partial charge in [0, 0.05) is 29.8 Å². The van der Waals surface area contributed by atoms with E-state index in [1.165, 1.54) is 7.11 Å². The molecule has 0 saturated carbocycles. The maximum absolute atomic E-state index is 13.3. The molecule has 0 saturated heterocycles. The number of hydrogen-bond acceptors (Lipinski definition) is 6. The van der Waals surface area contributed by atoms with Crippen molar-refractivity contribution in [1.82, 2.24) is 5.32 Å². The fourth-order valence-corrected chi connectivity index (χ4v) is 5.79. The maximum Gasteiger partial charge on any atom is 0.407 e. The highest BCUT2D eigenvalue weighted by molar-refractivity contribution is 9.10. The molecule has 1 N–H and O–H groups in total. The van der Waals surface area contributed by atoms with E-state index in [1.54, 1.807) is 24.3 Å². The highest BCUT2D eigenvalue weighted by atomic mass is 79.9. The lowest BCUT2D eigenvalue weighted by atomic mass is 10.1. The number of anilines is 1. The summed E-state index contributed by atoms with van der Waals surface area (Å²) in [5.74, 6) is 0.126. The summed E-state index contributed by atoms with van der Waals surface area (Å²) < 4.78 is 37.9. The third kappa shape index (κ3) is 8.79. The third-order valence-corrected chi connectivity index (χ3v) is 7.56. The lowest BCUT2D eigenvalue weighted by Gasteiger charge is -2.26. The summed E-state index contributed by atoms with van der Waals surface area (Å²) in [6.07, 6.45) is -0.477. The molecule has 0 aliphatic carbocycles. The lowest BCUT2D eigenvalue weighted by Crippen LogP contribution is -2.38. The van der Waals surface area contributed by atoms with Crippen LogP contribution in [-0.4, -0.2) is 40.3 Å². The summed E-state index contributed by atoms with van der Waals surface area (Å²) in [6, 6.07) is 22.3. The molecule has 0 aliphatic heterocycles. The zero-order valence-corrected chi connectivity index (χ0v) is 23.9. The van der Waals surface area contributed by atoms with Crippen molar-refractivity contribution in [2.24, 2.45) is 0 Å². The number of nitrogens with one attached hydrogen (secondary N) is 1. The molecule has 0 unspecified atom stereocenters. The molecule has 0 heterocycles. The molecule has 7 nitrogen and oxygen atoms in total. The predicted molar refractivity (Wildman–Crippen MR) is 150 cm³/mol. The number of benzene rings is 3. The summed E-state index contributed by atoms with van der Waals surface area (Å²) in [7, 11) is -2.22. The number of methoxy groups -OCH3 is 1. The number of rotatable bonds is 10. The van der Waals surface area contributed by atoms with Crippen molar-refractivity contribution in [3.05, 3.63) is 88.4 Å². The van der Waals surface area contributed by atoms with Crippen LogP contribution < -0.4 is 15.0 Å². The molecule has 198 valence electrons. The molecule has 0 aromatic heterocycles. The molecule has 0 fully saturated rings. The van der Waals surface area contributed by atoms with Crippen LogP contribution in [0, 0.1) is 0 Å².